The first-order valence-electron chi connectivity index (χ1n) is 6.20. The quantitative estimate of drug-likeness (QED) is 0.853. The highest BCUT2D eigenvalue weighted by Gasteiger charge is 2.16. The lowest BCUT2D eigenvalue weighted by Crippen LogP contribution is -2.23. The van der Waals surface area contributed by atoms with Crippen molar-refractivity contribution in [3.8, 4) is 0 Å². The van der Waals surface area contributed by atoms with E-state index in [1.807, 2.05) is 32.2 Å². The van der Waals surface area contributed by atoms with Gasteiger partial charge in [-0.05, 0) is 61.0 Å². The fourth-order valence-electron chi connectivity index (χ4n) is 1.84. The van der Waals surface area contributed by atoms with Gasteiger partial charge in [-0.2, -0.15) is 0 Å². The predicted octanol–water partition coefficient (Wildman–Crippen LogP) is 2.73. The average molecular weight is 310 g/mol. The van der Waals surface area contributed by atoms with Crippen LogP contribution in [0, 0.1) is 20.8 Å². The van der Waals surface area contributed by atoms with Crippen molar-refractivity contribution in [1.29, 1.82) is 0 Å². The minimum atomic E-state index is -3.54. The normalized spacial score (nSPS) is 11.8. The molecule has 0 unspecified atom stereocenters. The van der Waals surface area contributed by atoms with E-state index in [1.165, 1.54) is 6.07 Å². The van der Waals surface area contributed by atoms with Gasteiger partial charge in [-0.25, -0.2) is 13.1 Å². The van der Waals surface area contributed by atoms with E-state index in [-0.39, 0.29) is 4.90 Å². The summed E-state index contributed by atoms with van der Waals surface area (Å²) in [6, 6.07) is 5.13. The van der Waals surface area contributed by atoms with E-state index in [9.17, 15) is 8.42 Å². The molecule has 0 spiro atoms. The Morgan fingerprint density at radius 1 is 1.20 bits per heavy atom. The fourth-order valence-corrected chi connectivity index (χ4v) is 3.89. The summed E-state index contributed by atoms with van der Waals surface area (Å²) < 4.78 is 27.2. The largest absolute Gasteiger partial charge is 0.398 e. The Labute approximate surface area is 123 Å². The molecule has 2 aromatic rings. The van der Waals surface area contributed by atoms with Crippen LogP contribution in [0.2, 0.25) is 0 Å². The van der Waals surface area contributed by atoms with Crippen molar-refractivity contribution in [2.45, 2.75) is 32.2 Å². The van der Waals surface area contributed by atoms with Crippen molar-refractivity contribution in [2.75, 3.05) is 5.73 Å². The minimum absolute atomic E-state index is 0.215. The number of anilines is 1. The molecule has 0 aliphatic carbocycles. The highest BCUT2D eigenvalue weighted by molar-refractivity contribution is 7.89. The van der Waals surface area contributed by atoms with E-state index in [4.69, 9.17) is 5.73 Å². The number of nitrogens with two attached hydrogens (primary N) is 1. The first-order valence-corrected chi connectivity index (χ1v) is 8.57. The number of nitrogen functional groups attached to an aromatic ring is 1. The highest BCUT2D eigenvalue weighted by atomic mass is 32.2. The molecule has 0 amide bonds. The van der Waals surface area contributed by atoms with E-state index in [0.717, 1.165) is 21.6 Å². The third-order valence-corrected chi connectivity index (χ3v) is 5.79. The van der Waals surface area contributed by atoms with Crippen LogP contribution in [0.4, 0.5) is 5.69 Å². The summed E-state index contributed by atoms with van der Waals surface area (Å²) in [5.74, 6) is 0. The molecule has 0 saturated carbocycles. The fraction of sp³-hybridized carbons (Fsp3) is 0.286. The van der Waals surface area contributed by atoms with E-state index >= 15 is 0 Å². The third-order valence-electron chi connectivity index (χ3n) is 3.38. The SMILES string of the molecule is Cc1ccsc1CNS(=O)(=O)c1cc(C)c(C)c(N)c1. The van der Waals surface area contributed by atoms with Gasteiger partial charge in [0.15, 0.2) is 0 Å². The predicted molar refractivity (Wildman–Crippen MR) is 83.4 cm³/mol. The van der Waals surface area contributed by atoms with Crippen LogP contribution in [0.5, 0.6) is 0 Å². The van der Waals surface area contributed by atoms with Gasteiger partial charge in [0.2, 0.25) is 10.0 Å². The summed E-state index contributed by atoms with van der Waals surface area (Å²) in [4.78, 5) is 1.23. The molecular formula is C14H18N2O2S2. The van der Waals surface area contributed by atoms with E-state index in [0.29, 0.717) is 12.2 Å². The summed E-state index contributed by atoms with van der Waals surface area (Å²) in [7, 11) is -3.54. The molecule has 1 heterocycles. The molecule has 0 fully saturated rings. The van der Waals surface area contributed by atoms with E-state index < -0.39 is 10.0 Å². The number of aryl methyl sites for hydroxylation is 2. The number of hydrogen-bond donors (Lipinski definition) is 2. The molecule has 2 rings (SSSR count). The number of sulfonamides is 1. The zero-order valence-corrected chi connectivity index (χ0v) is 13.4. The maximum Gasteiger partial charge on any atom is 0.240 e. The molecule has 0 aliphatic heterocycles. The molecule has 1 aromatic heterocycles. The molecular weight excluding hydrogens is 292 g/mol. The van der Waals surface area contributed by atoms with Gasteiger partial charge in [-0.1, -0.05) is 0 Å². The van der Waals surface area contributed by atoms with Crippen LogP contribution in [0.3, 0.4) is 0 Å². The lowest BCUT2D eigenvalue weighted by atomic mass is 10.1. The van der Waals surface area contributed by atoms with Crippen molar-refractivity contribution in [2.24, 2.45) is 0 Å². The van der Waals surface area contributed by atoms with Gasteiger partial charge in [0.25, 0.3) is 0 Å². The zero-order valence-electron chi connectivity index (χ0n) is 11.7. The Balaban J connectivity index is 2.25. The monoisotopic (exact) mass is 310 g/mol. The number of rotatable bonds is 4. The molecule has 4 nitrogen and oxygen atoms in total. The third kappa shape index (κ3) is 3.03. The van der Waals surface area contributed by atoms with Gasteiger partial charge in [-0.3, -0.25) is 0 Å². The summed E-state index contributed by atoms with van der Waals surface area (Å²) in [6.45, 7) is 6.00. The molecule has 6 heteroatoms. The Bertz CT molecular complexity index is 710. The van der Waals surface area contributed by atoms with Crippen molar-refractivity contribution in [3.05, 3.63) is 45.1 Å². The first kappa shape index (κ1) is 15.0. The number of hydrogen-bond acceptors (Lipinski definition) is 4. The van der Waals surface area contributed by atoms with Crippen LogP contribution in [-0.2, 0) is 16.6 Å². The van der Waals surface area contributed by atoms with Gasteiger partial charge in [0, 0.05) is 17.1 Å². The van der Waals surface area contributed by atoms with Gasteiger partial charge < -0.3 is 5.73 Å². The molecule has 0 saturated heterocycles. The molecule has 0 bridgehead atoms. The Morgan fingerprint density at radius 3 is 2.45 bits per heavy atom. The topological polar surface area (TPSA) is 72.2 Å². The average Bonchev–Trinajstić information content (AvgIpc) is 2.78. The van der Waals surface area contributed by atoms with Crippen molar-refractivity contribution in [3.63, 3.8) is 0 Å². The second-order valence-corrected chi connectivity index (χ2v) is 7.57. The molecule has 0 radical (unpaired) electrons. The first-order chi connectivity index (χ1) is 9.31. The van der Waals surface area contributed by atoms with Crippen LogP contribution in [0.15, 0.2) is 28.5 Å². The molecule has 1 aromatic carbocycles. The van der Waals surface area contributed by atoms with Crippen molar-refractivity contribution < 1.29 is 8.42 Å². The summed E-state index contributed by atoms with van der Waals surface area (Å²) >= 11 is 1.54. The van der Waals surface area contributed by atoms with Crippen LogP contribution < -0.4 is 10.5 Å². The second-order valence-electron chi connectivity index (χ2n) is 4.81. The number of nitrogens with one attached hydrogen (secondary N) is 1. The van der Waals surface area contributed by atoms with Gasteiger partial charge >= 0.3 is 0 Å². The molecule has 3 N–H and O–H groups in total. The Kier molecular flexibility index (Phi) is 4.17. The van der Waals surface area contributed by atoms with Crippen molar-refractivity contribution >= 4 is 27.0 Å². The van der Waals surface area contributed by atoms with Gasteiger partial charge in [-0.15, -0.1) is 11.3 Å². The van der Waals surface area contributed by atoms with Crippen LogP contribution in [0.1, 0.15) is 21.6 Å². The van der Waals surface area contributed by atoms with Gasteiger partial charge in [0.05, 0.1) is 4.90 Å². The van der Waals surface area contributed by atoms with E-state index in [1.54, 1.807) is 17.4 Å². The lowest BCUT2D eigenvalue weighted by Gasteiger charge is -2.10. The van der Waals surface area contributed by atoms with E-state index in [2.05, 4.69) is 4.72 Å². The minimum Gasteiger partial charge on any atom is -0.398 e. The Hall–Kier alpha value is -1.37. The highest BCUT2D eigenvalue weighted by Crippen LogP contribution is 2.22. The number of benzene rings is 1. The maximum absolute atomic E-state index is 12.3. The summed E-state index contributed by atoms with van der Waals surface area (Å²) in [6.07, 6.45) is 0. The lowest BCUT2D eigenvalue weighted by molar-refractivity contribution is 0.581. The Morgan fingerprint density at radius 2 is 1.90 bits per heavy atom. The molecule has 0 aliphatic rings. The van der Waals surface area contributed by atoms with Crippen LogP contribution in [0.25, 0.3) is 0 Å². The van der Waals surface area contributed by atoms with Gasteiger partial charge in [0.1, 0.15) is 0 Å². The number of thiophene rings is 1. The van der Waals surface area contributed by atoms with Crippen molar-refractivity contribution in [1.82, 2.24) is 4.72 Å². The summed E-state index contributed by atoms with van der Waals surface area (Å²) in [5.41, 5.74) is 9.22. The smallest absolute Gasteiger partial charge is 0.240 e. The summed E-state index contributed by atoms with van der Waals surface area (Å²) in [5, 5.41) is 1.95. The molecule has 0 atom stereocenters. The molecule has 108 valence electrons. The van der Waals surface area contributed by atoms with Crippen LogP contribution in [-0.4, -0.2) is 8.42 Å². The maximum atomic E-state index is 12.3. The second kappa shape index (κ2) is 5.55. The zero-order chi connectivity index (χ0) is 14.9. The van der Waals surface area contributed by atoms with Crippen LogP contribution >= 0.6 is 11.3 Å². The standard InChI is InChI=1S/C14H18N2O2S2/c1-9-4-5-19-14(9)8-16-20(17,18)12-6-10(2)11(3)13(15)7-12/h4-7,16H,8,15H2,1-3H3. The molecule has 20 heavy (non-hydrogen) atoms.